The van der Waals surface area contributed by atoms with E-state index >= 15 is 0 Å². The van der Waals surface area contributed by atoms with E-state index in [0.29, 0.717) is 24.0 Å². The zero-order chi connectivity index (χ0) is 35.9. The number of aliphatic hydroxyl groups excluding tert-OH is 2. The summed E-state index contributed by atoms with van der Waals surface area (Å²) < 4.78 is 30.0. The van der Waals surface area contributed by atoms with Gasteiger partial charge in [0.1, 0.15) is 30.5 Å². The van der Waals surface area contributed by atoms with Crippen molar-refractivity contribution >= 4 is 23.9 Å². The van der Waals surface area contributed by atoms with Crippen molar-refractivity contribution in [2.45, 2.75) is 141 Å². The molecule has 0 saturated carbocycles. The number of esters is 2. The fourth-order valence-corrected chi connectivity index (χ4v) is 5.96. The molecule has 1 saturated heterocycles. The van der Waals surface area contributed by atoms with Gasteiger partial charge in [0.2, 0.25) is 5.91 Å². The molecule has 11 heteroatoms. The van der Waals surface area contributed by atoms with Gasteiger partial charge >= 0.3 is 11.9 Å². The molecule has 4 unspecified atom stereocenters. The smallest absolute Gasteiger partial charge is 0.338 e. The van der Waals surface area contributed by atoms with Crippen molar-refractivity contribution in [1.82, 2.24) is 5.32 Å². The van der Waals surface area contributed by atoms with Gasteiger partial charge in [0, 0.05) is 31.3 Å². The van der Waals surface area contributed by atoms with Crippen LogP contribution in [0.2, 0.25) is 0 Å². The maximum atomic E-state index is 13.6. The van der Waals surface area contributed by atoms with E-state index in [-0.39, 0.29) is 39.1 Å². The van der Waals surface area contributed by atoms with Crippen molar-refractivity contribution in [3.8, 4) is 0 Å². The lowest BCUT2D eigenvalue weighted by Gasteiger charge is -2.31. The molecule has 1 aliphatic heterocycles. The Labute approximate surface area is 291 Å². The van der Waals surface area contributed by atoms with Crippen molar-refractivity contribution < 1.29 is 48.3 Å². The minimum atomic E-state index is -0.847. The minimum Gasteiger partial charge on any atom is -0.499 e. The van der Waals surface area contributed by atoms with E-state index in [1.54, 1.807) is 57.2 Å². The summed E-state index contributed by atoms with van der Waals surface area (Å²) in [7, 11) is 0. The van der Waals surface area contributed by atoms with Crippen LogP contribution in [0, 0.1) is 0 Å². The van der Waals surface area contributed by atoms with Crippen molar-refractivity contribution in [3.63, 3.8) is 0 Å². The largest absolute Gasteiger partial charge is 0.499 e. The summed E-state index contributed by atoms with van der Waals surface area (Å²) in [6, 6.07) is 6.14. The Morgan fingerprint density at radius 1 is 1.02 bits per heavy atom. The number of nitrogens with one attached hydrogen (secondary N) is 1. The minimum absolute atomic E-state index is 0.0337. The van der Waals surface area contributed by atoms with Gasteiger partial charge in [-0.25, -0.2) is 4.79 Å². The second kappa shape index (κ2) is 19.8. The molecule has 0 bridgehead atoms. The Kier molecular flexibility index (Phi) is 16.2. The number of rotatable bonds is 20. The molecule has 1 amide bonds. The van der Waals surface area contributed by atoms with Crippen LogP contribution in [-0.2, 0) is 33.3 Å². The molecular weight excluding hydrogens is 630 g/mol. The fraction of sp³-hybridized carbons (Fsp3) is 0.658. The fourth-order valence-electron chi connectivity index (χ4n) is 5.96. The highest BCUT2D eigenvalue weighted by Crippen LogP contribution is 2.43. The molecule has 1 aromatic rings. The first-order chi connectivity index (χ1) is 23.4. The quantitative estimate of drug-likeness (QED) is 0.0877. The summed E-state index contributed by atoms with van der Waals surface area (Å²) in [5, 5.41) is 21.7. The summed E-state index contributed by atoms with van der Waals surface area (Å²) in [5.41, 5.74) is 0.866. The van der Waals surface area contributed by atoms with Crippen LogP contribution in [0.5, 0.6) is 0 Å². The molecule has 2 aliphatic rings. The van der Waals surface area contributed by atoms with Crippen LogP contribution in [0.4, 0.5) is 0 Å². The van der Waals surface area contributed by atoms with E-state index in [1.807, 2.05) is 0 Å². The van der Waals surface area contributed by atoms with E-state index in [0.717, 1.165) is 44.1 Å². The molecule has 1 fully saturated rings. The Morgan fingerprint density at radius 3 is 2.29 bits per heavy atom. The highest BCUT2D eigenvalue weighted by atomic mass is 16.8. The monoisotopic (exact) mass is 687 g/mol. The van der Waals surface area contributed by atoms with Gasteiger partial charge in [-0.15, -0.1) is 0 Å². The number of benzene rings is 1. The lowest BCUT2D eigenvalue weighted by atomic mass is 9.91. The third-order valence-electron chi connectivity index (χ3n) is 8.44. The van der Waals surface area contributed by atoms with Crippen LogP contribution >= 0.6 is 0 Å². The molecule has 0 aromatic heterocycles. The van der Waals surface area contributed by atoms with Gasteiger partial charge in [-0.2, -0.15) is 0 Å². The second-order valence-corrected chi connectivity index (χ2v) is 13.8. The van der Waals surface area contributed by atoms with Gasteiger partial charge in [0.05, 0.1) is 31.1 Å². The molecule has 0 radical (unpaired) electrons. The molecule has 11 nitrogen and oxygen atoms in total. The van der Waals surface area contributed by atoms with Gasteiger partial charge in [-0.1, -0.05) is 51.7 Å². The number of amides is 1. The summed E-state index contributed by atoms with van der Waals surface area (Å²) in [6.45, 7) is 9.38. The van der Waals surface area contributed by atoms with Gasteiger partial charge in [-0.3, -0.25) is 9.59 Å². The third-order valence-corrected chi connectivity index (χ3v) is 8.44. The zero-order valence-corrected chi connectivity index (χ0v) is 29.9. The number of unbranched alkanes of at least 4 members (excludes halogenated alkanes) is 4. The Balaban J connectivity index is 1.80. The highest BCUT2D eigenvalue weighted by molar-refractivity contribution is 5.94. The number of hydrogen-bond donors (Lipinski definition) is 3. The first-order valence-corrected chi connectivity index (χ1v) is 17.8. The molecule has 1 aromatic carbocycles. The van der Waals surface area contributed by atoms with Crippen LogP contribution in [-0.4, -0.2) is 83.6 Å². The summed E-state index contributed by atoms with van der Waals surface area (Å²) in [4.78, 5) is 39.3. The van der Waals surface area contributed by atoms with E-state index < -0.39 is 53.6 Å². The lowest BCUT2D eigenvalue weighted by Crippen LogP contribution is -2.45. The predicted molar refractivity (Wildman–Crippen MR) is 185 cm³/mol. The Hall–Kier alpha value is -3.25. The number of ether oxygens (including phenoxy) is 5. The predicted octanol–water partition coefficient (Wildman–Crippen LogP) is 5.76. The number of carbonyl (C=O) groups is 3. The van der Waals surface area contributed by atoms with Gasteiger partial charge < -0.3 is 39.2 Å². The van der Waals surface area contributed by atoms with Crippen LogP contribution in [0.15, 0.2) is 42.2 Å². The molecule has 274 valence electrons. The number of aliphatic hydroxyl groups is 2. The number of hydrogen-bond acceptors (Lipinski definition) is 10. The van der Waals surface area contributed by atoms with Crippen LogP contribution in [0.25, 0.3) is 6.08 Å². The van der Waals surface area contributed by atoms with Gasteiger partial charge in [0.25, 0.3) is 0 Å². The van der Waals surface area contributed by atoms with Crippen molar-refractivity contribution in [2.75, 3.05) is 19.8 Å². The number of carbonyl (C=O) groups excluding carboxylic acids is 3. The molecule has 0 spiro atoms. The lowest BCUT2D eigenvalue weighted by molar-refractivity contribution is -0.190. The summed E-state index contributed by atoms with van der Waals surface area (Å²) in [6.07, 6.45) is 10.7. The molecule has 1 heterocycles. The maximum absolute atomic E-state index is 13.6. The van der Waals surface area contributed by atoms with E-state index in [1.165, 1.54) is 6.26 Å². The average molecular weight is 688 g/mol. The van der Waals surface area contributed by atoms with Gasteiger partial charge in [-0.05, 0) is 69.9 Å². The van der Waals surface area contributed by atoms with Gasteiger partial charge in [0.15, 0.2) is 5.79 Å². The van der Waals surface area contributed by atoms with E-state index in [4.69, 9.17) is 28.8 Å². The first kappa shape index (κ1) is 40.2. The van der Waals surface area contributed by atoms with E-state index in [9.17, 15) is 19.5 Å². The molecule has 1 aliphatic carbocycles. The molecular formula is C38H57NO10. The molecule has 3 rings (SSSR count). The highest BCUT2D eigenvalue weighted by Gasteiger charge is 2.52. The van der Waals surface area contributed by atoms with Crippen LogP contribution in [0.1, 0.15) is 121 Å². The molecule has 3 N–H and O–H groups in total. The SMILES string of the molecule is CCCCCC1(CCCCC)OC2C=C(C(=O)NC(CO)CCC(=O)OC(C)(C)C)CC(OC(=O)c3ccc(C=COCCO)cc3)C2O1. The normalized spacial score (nSPS) is 20.7. The van der Waals surface area contributed by atoms with Crippen LogP contribution < -0.4 is 5.32 Å². The zero-order valence-electron chi connectivity index (χ0n) is 29.9. The summed E-state index contributed by atoms with van der Waals surface area (Å²) in [5.74, 6) is -2.24. The molecule has 49 heavy (non-hydrogen) atoms. The van der Waals surface area contributed by atoms with Crippen molar-refractivity contribution in [3.05, 3.63) is 53.3 Å². The topological polar surface area (TPSA) is 150 Å². The van der Waals surface area contributed by atoms with Crippen molar-refractivity contribution in [2.24, 2.45) is 0 Å². The standard InChI is InChI=1S/C38H57NO10/c1-6-8-10-19-38(20-11-9-7-2)47-32-25-29(35(43)39-30(26-41)16-17-33(42)48-37(3,4)5)24-31(34(32)49-38)46-36(44)28-14-12-27(13-15-28)18-22-45-23-21-40/h12-15,18,22,25,30-32,34,40-41H,6-11,16-17,19-21,23-24,26H2,1-5H3,(H,39,43). The first-order valence-electron chi connectivity index (χ1n) is 17.8. The number of fused-ring (bicyclic) bond motifs is 1. The van der Waals surface area contributed by atoms with Crippen LogP contribution in [0.3, 0.4) is 0 Å². The Bertz CT molecular complexity index is 1240. The third kappa shape index (κ3) is 13.2. The maximum Gasteiger partial charge on any atom is 0.338 e. The Morgan fingerprint density at radius 2 is 1.69 bits per heavy atom. The van der Waals surface area contributed by atoms with E-state index in [2.05, 4.69) is 19.2 Å². The second-order valence-electron chi connectivity index (χ2n) is 13.8. The van der Waals surface area contributed by atoms with Crippen molar-refractivity contribution in [1.29, 1.82) is 0 Å². The average Bonchev–Trinajstić information content (AvgIpc) is 3.43. The molecule has 4 atom stereocenters. The summed E-state index contributed by atoms with van der Waals surface area (Å²) >= 11 is 0.